The van der Waals surface area contributed by atoms with Crippen molar-refractivity contribution in [2.75, 3.05) is 25.1 Å². The van der Waals surface area contributed by atoms with Gasteiger partial charge in [0.25, 0.3) is 5.91 Å². The summed E-state index contributed by atoms with van der Waals surface area (Å²) in [7, 11) is 1.16. The molecule has 2 aromatic rings. The Bertz CT molecular complexity index is 1120. The molecule has 2 rings (SSSR count). The SMILES string of the molecule is COC(=O)/C(=C/c1ccc(N(CCC#N)CCC#N)cc1)NC(=O)c1cc([NH+]([O-])O)ccc1Cl. The number of methoxy groups -OCH3 is 1. The minimum absolute atomic E-state index is 0.0194. The number of quaternary nitrogens is 1. The number of halogens is 1. The maximum absolute atomic E-state index is 12.7. The summed E-state index contributed by atoms with van der Waals surface area (Å²) >= 11 is 6.04. The van der Waals surface area contributed by atoms with E-state index in [-0.39, 0.29) is 22.0 Å². The lowest BCUT2D eigenvalue weighted by Gasteiger charge is -2.22. The van der Waals surface area contributed by atoms with Crippen LogP contribution in [0, 0.1) is 27.9 Å². The summed E-state index contributed by atoms with van der Waals surface area (Å²) in [5, 5.41) is 39.3. The summed E-state index contributed by atoms with van der Waals surface area (Å²) in [4.78, 5) is 26.9. The minimum atomic E-state index is -1.23. The van der Waals surface area contributed by atoms with Gasteiger partial charge in [-0.1, -0.05) is 23.7 Å². The summed E-state index contributed by atoms with van der Waals surface area (Å²) in [6, 6.07) is 14.8. The molecule has 2 aromatic carbocycles. The summed E-state index contributed by atoms with van der Waals surface area (Å²) in [6.45, 7) is 0.931. The van der Waals surface area contributed by atoms with Crippen molar-refractivity contribution in [3.63, 3.8) is 0 Å². The standard InChI is InChI=1S/C23H22ClN5O5/c1-34-23(31)21(27-22(30)19-15-18(29(32)33)8-9-20(19)24)14-16-4-6-17(7-5-16)28(12-2-10-25)13-3-11-26/h4-9,14-15,29,32H,2-3,12-13H2,1H3,(H,27,30)/b21-14-. The average Bonchev–Trinajstić information content (AvgIpc) is 2.83. The zero-order chi connectivity index (χ0) is 25.1. The molecule has 0 saturated carbocycles. The highest BCUT2D eigenvalue weighted by atomic mass is 35.5. The minimum Gasteiger partial charge on any atom is -0.595 e. The number of carbonyl (C=O) groups excluding carboxylic acids is 2. The van der Waals surface area contributed by atoms with E-state index < -0.39 is 17.1 Å². The number of anilines is 1. The monoisotopic (exact) mass is 483 g/mol. The van der Waals surface area contributed by atoms with E-state index in [1.165, 1.54) is 18.2 Å². The second-order valence-corrected chi connectivity index (χ2v) is 7.31. The van der Waals surface area contributed by atoms with Crippen molar-refractivity contribution in [3.8, 4) is 12.1 Å². The van der Waals surface area contributed by atoms with Crippen LogP contribution in [0.15, 0.2) is 48.2 Å². The zero-order valence-electron chi connectivity index (χ0n) is 18.2. The molecule has 1 amide bonds. The Kier molecular flexibility index (Phi) is 10.0. The molecule has 1 atom stereocenters. The van der Waals surface area contributed by atoms with Crippen molar-refractivity contribution in [1.82, 2.24) is 5.32 Å². The molecule has 11 heteroatoms. The van der Waals surface area contributed by atoms with Gasteiger partial charge in [-0.15, -0.1) is 0 Å². The maximum Gasteiger partial charge on any atom is 0.354 e. The Hall–Kier alpha value is -3.93. The van der Waals surface area contributed by atoms with Crippen LogP contribution in [0.25, 0.3) is 6.08 Å². The van der Waals surface area contributed by atoms with E-state index in [0.29, 0.717) is 31.5 Å². The Morgan fingerprint density at radius 1 is 1.18 bits per heavy atom. The molecule has 0 aliphatic rings. The number of amides is 1. The molecule has 0 heterocycles. The molecule has 10 nitrogen and oxygen atoms in total. The van der Waals surface area contributed by atoms with Crippen molar-refractivity contribution < 1.29 is 24.8 Å². The van der Waals surface area contributed by atoms with E-state index >= 15 is 0 Å². The summed E-state index contributed by atoms with van der Waals surface area (Å²) in [5.41, 5.74) is 0.935. The third kappa shape index (κ3) is 7.30. The van der Waals surface area contributed by atoms with Crippen LogP contribution in [0.3, 0.4) is 0 Å². The lowest BCUT2D eigenvalue weighted by atomic mass is 10.1. The molecule has 0 aliphatic heterocycles. The summed E-state index contributed by atoms with van der Waals surface area (Å²) in [5.74, 6) is -1.59. The smallest absolute Gasteiger partial charge is 0.354 e. The van der Waals surface area contributed by atoms with Crippen LogP contribution in [-0.2, 0) is 9.53 Å². The van der Waals surface area contributed by atoms with Crippen LogP contribution in [0.5, 0.6) is 0 Å². The second kappa shape index (κ2) is 12.9. The number of rotatable bonds is 10. The van der Waals surface area contributed by atoms with Gasteiger partial charge in [0.1, 0.15) is 5.70 Å². The van der Waals surface area contributed by atoms with Crippen LogP contribution < -0.4 is 15.4 Å². The number of carbonyl (C=O) groups is 2. The number of hydrogen-bond acceptors (Lipinski definition) is 8. The maximum atomic E-state index is 12.7. The van der Waals surface area contributed by atoms with Gasteiger partial charge in [-0.2, -0.15) is 15.8 Å². The van der Waals surface area contributed by atoms with Gasteiger partial charge >= 0.3 is 5.97 Å². The fourth-order valence-electron chi connectivity index (χ4n) is 2.97. The lowest BCUT2D eigenvalue weighted by Crippen LogP contribution is -2.99. The quantitative estimate of drug-likeness (QED) is 0.264. The largest absolute Gasteiger partial charge is 0.595 e. The first-order valence-electron chi connectivity index (χ1n) is 10.0. The van der Waals surface area contributed by atoms with E-state index in [0.717, 1.165) is 18.9 Å². The highest BCUT2D eigenvalue weighted by Crippen LogP contribution is 2.20. The van der Waals surface area contributed by atoms with Gasteiger partial charge in [0.05, 0.1) is 42.7 Å². The average molecular weight is 484 g/mol. The van der Waals surface area contributed by atoms with Crippen molar-refractivity contribution >= 4 is 40.9 Å². The molecule has 0 fully saturated rings. The number of esters is 1. The molecular formula is C23H22ClN5O5. The molecule has 1 unspecified atom stereocenters. The van der Waals surface area contributed by atoms with Crippen LogP contribution in [-0.4, -0.2) is 37.3 Å². The molecule has 0 saturated heterocycles. The molecule has 0 radical (unpaired) electrons. The number of hydrogen-bond donors (Lipinski definition) is 3. The predicted octanol–water partition coefficient (Wildman–Crippen LogP) is 2.32. The van der Waals surface area contributed by atoms with Gasteiger partial charge < -0.3 is 20.2 Å². The molecule has 34 heavy (non-hydrogen) atoms. The Balaban J connectivity index is 2.29. The van der Waals surface area contributed by atoms with Crippen LogP contribution in [0.4, 0.5) is 11.4 Å². The molecule has 0 bridgehead atoms. The van der Waals surface area contributed by atoms with Crippen LogP contribution >= 0.6 is 11.6 Å². The Labute approximate surface area is 201 Å². The fourth-order valence-corrected chi connectivity index (χ4v) is 3.17. The predicted molar refractivity (Wildman–Crippen MR) is 124 cm³/mol. The first-order chi connectivity index (χ1) is 16.3. The molecule has 0 aliphatic carbocycles. The number of nitriles is 2. The van der Waals surface area contributed by atoms with E-state index in [1.807, 2.05) is 4.90 Å². The van der Waals surface area contributed by atoms with Crippen molar-refractivity contribution in [2.45, 2.75) is 12.8 Å². The third-order valence-electron chi connectivity index (χ3n) is 4.67. The molecule has 0 spiro atoms. The van der Waals surface area contributed by atoms with Gasteiger partial charge in [0, 0.05) is 30.9 Å². The van der Waals surface area contributed by atoms with Gasteiger partial charge in [0.15, 0.2) is 5.69 Å². The van der Waals surface area contributed by atoms with Crippen LogP contribution in [0.2, 0.25) is 5.02 Å². The van der Waals surface area contributed by atoms with Gasteiger partial charge in [-0.25, -0.2) is 10.0 Å². The number of nitrogens with one attached hydrogen (secondary N) is 2. The number of nitrogens with zero attached hydrogens (tertiary/aromatic N) is 3. The topological polar surface area (TPSA) is 154 Å². The van der Waals surface area contributed by atoms with E-state index in [2.05, 4.69) is 17.5 Å². The van der Waals surface area contributed by atoms with Crippen LogP contribution in [0.1, 0.15) is 28.8 Å². The zero-order valence-corrected chi connectivity index (χ0v) is 19.0. The third-order valence-corrected chi connectivity index (χ3v) is 5.00. The second-order valence-electron chi connectivity index (χ2n) is 6.90. The molecule has 0 aromatic heterocycles. The normalized spacial score (nSPS) is 11.6. The van der Waals surface area contributed by atoms with Gasteiger partial charge in [0.2, 0.25) is 0 Å². The molecule has 176 valence electrons. The Morgan fingerprint density at radius 3 is 2.32 bits per heavy atom. The van der Waals surface area contributed by atoms with Gasteiger partial charge in [-0.3, -0.25) is 4.79 Å². The van der Waals surface area contributed by atoms with Crippen molar-refractivity contribution in [3.05, 3.63) is 69.5 Å². The van der Waals surface area contributed by atoms with E-state index in [9.17, 15) is 14.8 Å². The highest BCUT2D eigenvalue weighted by Gasteiger charge is 2.19. The first-order valence-corrected chi connectivity index (χ1v) is 10.4. The fraction of sp³-hybridized carbons (Fsp3) is 0.217. The summed E-state index contributed by atoms with van der Waals surface area (Å²) in [6.07, 6.45) is 2.01. The van der Waals surface area contributed by atoms with Crippen molar-refractivity contribution in [1.29, 1.82) is 10.5 Å². The number of benzene rings is 2. The molecule has 3 N–H and O–H groups in total. The first kappa shape index (κ1) is 26.3. The van der Waals surface area contributed by atoms with Gasteiger partial charge in [-0.05, 0) is 29.8 Å². The molecular weight excluding hydrogens is 462 g/mol. The lowest BCUT2D eigenvalue weighted by molar-refractivity contribution is -0.991. The summed E-state index contributed by atoms with van der Waals surface area (Å²) < 4.78 is 4.75. The number of ether oxygens (including phenoxy) is 1. The Morgan fingerprint density at radius 2 is 1.79 bits per heavy atom. The van der Waals surface area contributed by atoms with Crippen molar-refractivity contribution in [2.24, 2.45) is 0 Å². The highest BCUT2D eigenvalue weighted by molar-refractivity contribution is 6.34. The van der Waals surface area contributed by atoms with E-state index in [4.69, 9.17) is 32.1 Å². The van der Waals surface area contributed by atoms with E-state index in [1.54, 1.807) is 24.3 Å².